The Bertz CT molecular complexity index is 210. The maximum Gasteiger partial charge on any atom is 0.333 e. The molecule has 0 heterocycles. The molecule has 1 unspecified atom stereocenters. The van der Waals surface area contributed by atoms with Gasteiger partial charge < -0.3 is 10.1 Å². The van der Waals surface area contributed by atoms with Crippen LogP contribution in [-0.2, 0) is 14.3 Å². The number of hydrogen-bond acceptors (Lipinski definition) is 3. The first-order valence-electron chi connectivity index (χ1n) is 3.57. The van der Waals surface area contributed by atoms with E-state index in [1.54, 1.807) is 0 Å². The average Bonchev–Trinajstić information content (AvgIpc) is 2.02. The summed E-state index contributed by atoms with van der Waals surface area (Å²) in [4.78, 5) is 21.7. The number of hydrogen-bond donors (Lipinski definition) is 1. The molecule has 4 heteroatoms. The quantitative estimate of drug-likeness (QED) is 0.489. The van der Waals surface area contributed by atoms with Crippen molar-refractivity contribution >= 4 is 11.9 Å². The number of ether oxygens (including phenoxy) is 1. The molecule has 1 amide bonds. The SMILES string of the molecule is C=C(C)C(=O)OC(C)C(=O)NC. The van der Waals surface area contributed by atoms with Gasteiger partial charge in [-0.15, -0.1) is 0 Å². The standard InChI is InChI=1S/C8H13NO3/c1-5(2)8(11)12-6(3)7(10)9-4/h6H,1H2,2-4H3,(H,9,10). The zero-order valence-corrected chi connectivity index (χ0v) is 7.51. The van der Waals surface area contributed by atoms with Crippen LogP contribution in [0.2, 0.25) is 0 Å². The van der Waals surface area contributed by atoms with E-state index in [1.165, 1.54) is 20.9 Å². The molecule has 0 aromatic carbocycles. The first-order chi connectivity index (χ1) is 5.49. The zero-order chi connectivity index (χ0) is 9.72. The first-order valence-corrected chi connectivity index (χ1v) is 3.57. The van der Waals surface area contributed by atoms with Gasteiger partial charge in [0.1, 0.15) is 0 Å². The second kappa shape index (κ2) is 4.54. The molecule has 0 spiro atoms. The number of carbonyl (C=O) groups excluding carboxylic acids is 2. The summed E-state index contributed by atoms with van der Waals surface area (Å²) in [6, 6.07) is 0. The zero-order valence-electron chi connectivity index (χ0n) is 7.51. The van der Waals surface area contributed by atoms with E-state index in [4.69, 9.17) is 4.74 Å². The minimum Gasteiger partial charge on any atom is -0.449 e. The maximum atomic E-state index is 10.9. The number of nitrogens with one attached hydrogen (secondary N) is 1. The number of esters is 1. The van der Waals surface area contributed by atoms with E-state index in [2.05, 4.69) is 11.9 Å². The number of rotatable bonds is 3. The molecule has 12 heavy (non-hydrogen) atoms. The van der Waals surface area contributed by atoms with Crippen LogP contribution in [0.1, 0.15) is 13.8 Å². The lowest BCUT2D eigenvalue weighted by molar-refractivity contribution is -0.150. The van der Waals surface area contributed by atoms with Crippen molar-refractivity contribution in [1.29, 1.82) is 0 Å². The summed E-state index contributed by atoms with van der Waals surface area (Å²) in [6.45, 7) is 6.41. The molecule has 0 rings (SSSR count). The van der Waals surface area contributed by atoms with Gasteiger partial charge >= 0.3 is 5.97 Å². The summed E-state index contributed by atoms with van der Waals surface area (Å²) in [6.07, 6.45) is -0.765. The number of amides is 1. The van der Waals surface area contributed by atoms with Crippen LogP contribution >= 0.6 is 0 Å². The monoisotopic (exact) mass is 171 g/mol. The smallest absolute Gasteiger partial charge is 0.333 e. The van der Waals surface area contributed by atoms with Gasteiger partial charge in [-0.05, 0) is 13.8 Å². The lowest BCUT2D eigenvalue weighted by Crippen LogP contribution is -2.33. The van der Waals surface area contributed by atoms with Gasteiger partial charge in [0.05, 0.1) is 0 Å². The third-order valence-corrected chi connectivity index (χ3v) is 1.25. The Morgan fingerprint density at radius 2 is 2.00 bits per heavy atom. The second-order valence-corrected chi connectivity index (χ2v) is 2.44. The molecule has 1 atom stereocenters. The molecule has 0 radical (unpaired) electrons. The van der Waals surface area contributed by atoms with Crippen molar-refractivity contribution in [3.05, 3.63) is 12.2 Å². The van der Waals surface area contributed by atoms with Crippen molar-refractivity contribution in [3.8, 4) is 0 Å². The highest BCUT2D eigenvalue weighted by Crippen LogP contribution is 1.97. The largest absolute Gasteiger partial charge is 0.449 e. The maximum absolute atomic E-state index is 10.9. The summed E-state index contributed by atoms with van der Waals surface area (Å²) in [5.41, 5.74) is 0.283. The molecule has 1 N–H and O–H groups in total. The van der Waals surface area contributed by atoms with E-state index in [0.29, 0.717) is 0 Å². The molecule has 0 fully saturated rings. The van der Waals surface area contributed by atoms with Crippen LogP contribution in [0.4, 0.5) is 0 Å². The fourth-order valence-corrected chi connectivity index (χ4v) is 0.518. The van der Waals surface area contributed by atoms with Gasteiger partial charge in [-0.25, -0.2) is 4.79 Å². The minimum absolute atomic E-state index is 0.283. The Morgan fingerprint density at radius 1 is 1.50 bits per heavy atom. The van der Waals surface area contributed by atoms with Gasteiger partial charge in [0.25, 0.3) is 5.91 Å². The van der Waals surface area contributed by atoms with Crippen LogP contribution in [0.15, 0.2) is 12.2 Å². The van der Waals surface area contributed by atoms with Gasteiger partial charge in [-0.1, -0.05) is 6.58 Å². The first kappa shape index (κ1) is 10.7. The van der Waals surface area contributed by atoms with E-state index in [9.17, 15) is 9.59 Å². The van der Waals surface area contributed by atoms with E-state index in [0.717, 1.165) is 0 Å². The van der Waals surface area contributed by atoms with Gasteiger partial charge in [-0.2, -0.15) is 0 Å². The Labute approximate surface area is 71.6 Å². The van der Waals surface area contributed by atoms with Crippen LogP contribution in [0, 0.1) is 0 Å². The highest BCUT2D eigenvalue weighted by atomic mass is 16.5. The van der Waals surface area contributed by atoms with Gasteiger partial charge in [-0.3, -0.25) is 4.79 Å². The Balaban J connectivity index is 4.01. The predicted molar refractivity (Wildman–Crippen MR) is 44.4 cm³/mol. The topological polar surface area (TPSA) is 55.4 Å². The van der Waals surface area contributed by atoms with Crippen molar-refractivity contribution in [3.63, 3.8) is 0 Å². The summed E-state index contributed by atoms with van der Waals surface area (Å²) < 4.78 is 4.71. The normalized spacial score (nSPS) is 11.6. The van der Waals surface area contributed by atoms with Crippen molar-refractivity contribution in [2.45, 2.75) is 20.0 Å². The third kappa shape index (κ3) is 3.18. The van der Waals surface area contributed by atoms with Gasteiger partial charge in [0.2, 0.25) is 0 Å². The van der Waals surface area contributed by atoms with E-state index < -0.39 is 12.1 Å². The molecular weight excluding hydrogens is 158 g/mol. The molecule has 68 valence electrons. The summed E-state index contributed by atoms with van der Waals surface area (Å²) >= 11 is 0. The van der Waals surface area contributed by atoms with Crippen molar-refractivity contribution in [2.24, 2.45) is 0 Å². The molecule has 0 bridgehead atoms. The molecule has 0 aliphatic rings. The fraction of sp³-hybridized carbons (Fsp3) is 0.500. The fourth-order valence-electron chi connectivity index (χ4n) is 0.518. The van der Waals surface area contributed by atoms with Gasteiger partial charge in [0, 0.05) is 12.6 Å². The van der Waals surface area contributed by atoms with Crippen LogP contribution in [0.25, 0.3) is 0 Å². The third-order valence-electron chi connectivity index (χ3n) is 1.25. The minimum atomic E-state index is -0.765. The summed E-state index contributed by atoms with van der Waals surface area (Å²) in [5, 5.41) is 2.36. The molecule has 4 nitrogen and oxygen atoms in total. The van der Waals surface area contributed by atoms with Crippen molar-refractivity contribution < 1.29 is 14.3 Å². The second-order valence-electron chi connectivity index (χ2n) is 2.44. The molecule has 0 saturated heterocycles. The van der Waals surface area contributed by atoms with Crippen molar-refractivity contribution in [1.82, 2.24) is 5.32 Å². The van der Waals surface area contributed by atoms with Crippen LogP contribution in [0.5, 0.6) is 0 Å². The van der Waals surface area contributed by atoms with E-state index >= 15 is 0 Å². The lowest BCUT2D eigenvalue weighted by atomic mass is 10.3. The molecule has 0 aliphatic carbocycles. The van der Waals surface area contributed by atoms with Crippen LogP contribution < -0.4 is 5.32 Å². The van der Waals surface area contributed by atoms with E-state index in [1.807, 2.05) is 0 Å². The number of likely N-dealkylation sites (N-methyl/N-ethyl adjacent to an activating group) is 1. The average molecular weight is 171 g/mol. The molecular formula is C8H13NO3. The molecule has 0 saturated carbocycles. The molecule has 0 aromatic rings. The van der Waals surface area contributed by atoms with E-state index in [-0.39, 0.29) is 11.5 Å². The Morgan fingerprint density at radius 3 is 2.33 bits per heavy atom. The highest BCUT2D eigenvalue weighted by Gasteiger charge is 2.15. The number of carbonyl (C=O) groups is 2. The summed E-state index contributed by atoms with van der Waals surface area (Å²) in [7, 11) is 1.48. The predicted octanol–water partition coefficient (Wildman–Crippen LogP) is 0.240. The Kier molecular flexibility index (Phi) is 4.04. The highest BCUT2D eigenvalue weighted by molar-refractivity contribution is 5.90. The molecule has 0 aliphatic heterocycles. The Hall–Kier alpha value is -1.32. The molecule has 0 aromatic heterocycles. The lowest BCUT2D eigenvalue weighted by Gasteiger charge is -2.10. The van der Waals surface area contributed by atoms with Crippen LogP contribution in [-0.4, -0.2) is 25.0 Å². The van der Waals surface area contributed by atoms with Gasteiger partial charge in [0.15, 0.2) is 6.10 Å². The van der Waals surface area contributed by atoms with Crippen molar-refractivity contribution in [2.75, 3.05) is 7.05 Å². The summed E-state index contributed by atoms with van der Waals surface area (Å²) in [5.74, 6) is -0.879. The van der Waals surface area contributed by atoms with Crippen LogP contribution in [0.3, 0.4) is 0 Å².